The molecule has 0 aliphatic heterocycles. The highest BCUT2D eigenvalue weighted by Gasteiger charge is 2.20. The number of nitrogens with one attached hydrogen (secondary N) is 1. The van der Waals surface area contributed by atoms with E-state index in [9.17, 15) is 8.42 Å². The van der Waals surface area contributed by atoms with Crippen LogP contribution in [0.1, 0.15) is 31.2 Å². The minimum Gasteiger partial charge on any atom is -0.327 e. The van der Waals surface area contributed by atoms with Crippen LogP contribution in [-0.2, 0) is 16.4 Å². The second kappa shape index (κ2) is 6.70. The van der Waals surface area contributed by atoms with E-state index in [4.69, 9.17) is 5.73 Å². The quantitative estimate of drug-likeness (QED) is 0.867. The van der Waals surface area contributed by atoms with Crippen LogP contribution in [0.5, 0.6) is 0 Å². The molecule has 1 saturated carbocycles. The van der Waals surface area contributed by atoms with Gasteiger partial charge in [-0.3, -0.25) is 0 Å². The summed E-state index contributed by atoms with van der Waals surface area (Å²) in [4.78, 5) is 0.371. The summed E-state index contributed by atoms with van der Waals surface area (Å²) in [5, 5.41) is 3.43. The van der Waals surface area contributed by atoms with E-state index in [1.165, 1.54) is 25.5 Å². The normalized spacial score (nSPS) is 23.7. The van der Waals surface area contributed by atoms with E-state index in [0.29, 0.717) is 16.9 Å². The fraction of sp³-hybridized carbons (Fsp3) is 0.600. The summed E-state index contributed by atoms with van der Waals surface area (Å²) in [6.07, 6.45) is 6.11. The van der Waals surface area contributed by atoms with Crippen LogP contribution in [0.25, 0.3) is 0 Å². The monoisotopic (exact) mass is 296 g/mol. The van der Waals surface area contributed by atoms with Gasteiger partial charge in [-0.05, 0) is 43.0 Å². The maximum atomic E-state index is 11.4. The summed E-state index contributed by atoms with van der Waals surface area (Å²) in [6.45, 7) is 1.70. The highest BCUT2D eigenvalue weighted by Crippen LogP contribution is 2.22. The van der Waals surface area contributed by atoms with Crippen molar-refractivity contribution < 1.29 is 8.42 Å². The van der Waals surface area contributed by atoms with E-state index in [1.54, 1.807) is 12.1 Å². The van der Waals surface area contributed by atoms with E-state index in [2.05, 4.69) is 5.32 Å². The Morgan fingerprint density at radius 1 is 1.20 bits per heavy atom. The molecule has 1 aliphatic rings. The zero-order valence-corrected chi connectivity index (χ0v) is 12.8. The summed E-state index contributed by atoms with van der Waals surface area (Å²) in [7, 11) is -3.10. The van der Waals surface area contributed by atoms with Crippen LogP contribution < -0.4 is 11.1 Å². The van der Waals surface area contributed by atoms with Crippen LogP contribution >= 0.6 is 0 Å². The molecule has 4 nitrogen and oxygen atoms in total. The van der Waals surface area contributed by atoms with Gasteiger partial charge in [-0.2, -0.15) is 0 Å². The van der Waals surface area contributed by atoms with Gasteiger partial charge in [0.25, 0.3) is 0 Å². The third kappa shape index (κ3) is 4.30. The molecule has 0 heterocycles. The highest BCUT2D eigenvalue weighted by atomic mass is 32.2. The van der Waals surface area contributed by atoms with Crippen LogP contribution in [0, 0.1) is 5.92 Å². The number of rotatable bonds is 5. The Labute approximate surface area is 121 Å². The second-order valence-corrected chi connectivity index (χ2v) is 7.77. The van der Waals surface area contributed by atoms with Gasteiger partial charge >= 0.3 is 0 Å². The zero-order valence-electron chi connectivity index (χ0n) is 12.0. The number of nitrogens with two attached hydrogens (primary N) is 1. The van der Waals surface area contributed by atoms with Crippen molar-refractivity contribution in [2.24, 2.45) is 11.7 Å². The fourth-order valence-electron chi connectivity index (χ4n) is 2.75. The molecule has 0 spiro atoms. The Hall–Kier alpha value is -0.910. The van der Waals surface area contributed by atoms with Gasteiger partial charge in [0.05, 0.1) is 4.90 Å². The van der Waals surface area contributed by atoms with E-state index in [0.717, 1.165) is 25.1 Å². The Morgan fingerprint density at radius 2 is 1.85 bits per heavy atom. The third-order valence-electron chi connectivity index (χ3n) is 4.06. The van der Waals surface area contributed by atoms with Crippen molar-refractivity contribution in [3.63, 3.8) is 0 Å². The maximum Gasteiger partial charge on any atom is 0.175 e. The molecule has 3 N–H and O–H groups in total. The van der Waals surface area contributed by atoms with Gasteiger partial charge in [0.1, 0.15) is 0 Å². The van der Waals surface area contributed by atoms with Gasteiger partial charge in [-0.25, -0.2) is 8.42 Å². The molecule has 2 unspecified atom stereocenters. The molecule has 112 valence electrons. The summed E-state index contributed by atoms with van der Waals surface area (Å²) >= 11 is 0. The van der Waals surface area contributed by atoms with Gasteiger partial charge in [0.15, 0.2) is 9.84 Å². The molecule has 0 bridgehead atoms. The van der Waals surface area contributed by atoms with Crippen molar-refractivity contribution in [2.75, 3.05) is 12.8 Å². The lowest BCUT2D eigenvalue weighted by Crippen LogP contribution is -2.39. The lowest BCUT2D eigenvalue weighted by molar-refractivity contribution is 0.296. The Morgan fingerprint density at radius 3 is 2.45 bits per heavy atom. The third-order valence-corrected chi connectivity index (χ3v) is 5.18. The Bertz CT molecular complexity index is 525. The molecule has 0 saturated heterocycles. The molecule has 1 aliphatic carbocycles. The second-order valence-electron chi connectivity index (χ2n) is 5.76. The minimum atomic E-state index is -3.10. The van der Waals surface area contributed by atoms with Crippen LogP contribution in [0.2, 0.25) is 0 Å². The van der Waals surface area contributed by atoms with Gasteiger partial charge in [-0.1, -0.05) is 25.0 Å². The largest absolute Gasteiger partial charge is 0.327 e. The smallest absolute Gasteiger partial charge is 0.175 e. The summed E-state index contributed by atoms with van der Waals surface area (Å²) in [6, 6.07) is 7.38. The van der Waals surface area contributed by atoms with Gasteiger partial charge in [0, 0.05) is 18.8 Å². The molecule has 5 heteroatoms. The summed E-state index contributed by atoms with van der Waals surface area (Å²) in [5.41, 5.74) is 7.22. The Balaban J connectivity index is 1.82. The molecule has 0 amide bonds. The van der Waals surface area contributed by atoms with Crippen molar-refractivity contribution >= 4 is 9.84 Å². The summed E-state index contributed by atoms with van der Waals surface area (Å²) < 4.78 is 22.7. The lowest BCUT2D eigenvalue weighted by Gasteiger charge is -2.28. The number of hydrogen-bond donors (Lipinski definition) is 2. The van der Waals surface area contributed by atoms with Crippen LogP contribution in [-0.4, -0.2) is 27.3 Å². The van der Waals surface area contributed by atoms with Crippen LogP contribution in [0.3, 0.4) is 0 Å². The average molecular weight is 296 g/mol. The molecule has 1 aromatic rings. The molecular formula is C15H24N2O2S. The van der Waals surface area contributed by atoms with Crippen molar-refractivity contribution in [3.8, 4) is 0 Å². The highest BCUT2D eigenvalue weighted by molar-refractivity contribution is 7.90. The number of hydrogen-bond acceptors (Lipinski definition) is 4. The fourth-order valence-corrected chi connectivity index (χ4v) is 3.38. The molecule has 1 fully saturated rings. The first-order valence-electron chi connectivity index (χ1n) is 7.22. The van der Waals surface area contributed by atoms with E-state index in [1.807, 2.05) is 12.1 Å². The van der Waals surface area contributed by atoms with Crippen molar-refractivity contribution in [1.82, 2.24) is 5.32 Å². The Kier molecular flexibility index (Phi) is 5.18. The van der Waals surface area contributed by atoms with Crippen molar-refractivity contribution in [1.29, 1.82) is 0 Å². The van der Waals surface area contributed by atoms with E-state index < -0.39 is 9.84 Å². The molecule has 0 radical (unpaired) electrons. The number of sulfone groups is 1. The predicted molar refractivity (Wildman–Crippen MR) is 81.2 cm³/mol. The van der Waals surface area contributed by atoms with Crippen molar-refractivity contribution in [2.45, 2.75) is 43.2 Å². The zero-order chi connectivity index (χ0) is 14.6. The molecular weight excluding hydrogens is 272 g/mol. The standard InChI is InChI=1S/C15H24N2O2S/c1-20(18,19)14-8-6-12(7-9-14)10-17-11-13-4-2-3-5-15(13)16/h6-9,13,15,17H,2-5,10-11,16H2,1H3. The topological polar surface area (TPSA) is 72.2 Å². The first kappa shape index (κ1) is 15.5. The average Bonchev–Trinajstić information content (AvgIpc) is 2.40. The van der Waals surface area contributed by atoms with Gasteiger partial charge in [0.2, 0.25) is 0 Å². The lowest BCUT2D eigenvalue weighted by atomic mass is 9.85. The maximum absolute atomic E-state index is 11.4. The van der Waals surface area contributed by atoms with Crippen LogP contribution in [0.4, 0.5) is 0 Å². The first-order valence-corrected chi connectivity index (χ1v) is 9.11. The van der Waals surface area contributed by atoms with Gasteiger partial charge in [-0.15, -0.1) is 0 Å². The molecule has 20 heavy (non-hydrogen) atoms. The SMILES string of the molecule is CS(=O)(=O)c1ccc(CNCC2CCCCC2N)cc1. The van der Waals surface area contributed by atoms with Gasteiger partial charge < -0.3 is 11.1 Å². The number of benzene rings is 1. The van der Waals surface area contributed by atoms with E-state index in [-0.39, 0.29) is 0 Å². The van der Waals surface area contributed by atoms with Crippen molar-refractivity contribution in [3.05, 3.63) is 29.8 Å². The molecule has 2 rings (SSSR count). The molecule has 2 atom stereocenters. The van der Waals surface area contributed by atoms with Crippen LogP contribution in [0.15, 0.2) is 29.2 Å². The molecule has 1 aromatic carbocycles. The molecule has 0 aromatic heterocycles. The predicted octanol–water partition coefficient (Wildman–Crippen LogP) is 1.70. The minimum absolute atomic E-state index is 0.323. The summed E-state index contributed by atoms with van der Waals surface area (Å²) in [5.74, 6) is 0.569. The first-order chi connectivity index (χ1) is 9.47. The van der Waals surface area contributed by atoms with E-state index >= 15 is 0 Å².